The molecule has 4 N–H and O–H groups in total. The molecule has 1 saturated carbocycles. The van der Waals surface area contributed by atoms with Gasteiger partial charge in [-0.1, -0.05) is 0 Å². The molecule has 0 atom stereocenters. The maximum absolute atomic E-state index is 11.6. The quantitative estimate of drug-likeness (QED) is 0.716. The molecule has 3 rings (SSSR count). The molecule has 1 aromatic heterocycles. The van der Waals surface area contributed by atoms with Crippen LogP contribution in [0.4, 0.5) is 10.5 Å². The Morgan fingerprint density at radius 1 is 1.24 bits per heavy atom. The Kier molecular flexibility index (Phi) is 5.65. The fourth-order valence-electron chi connectivity index (χ4n) is 3.50. The number of nitrogen functional groups attached to an aromatic ring is 1. The van der Waals surface area contributed by atoms with Gasteiger partial charge in [0.25, 0.3) is 0 Å². The molecule has 25 heavy (non-hydrogen) atoms. The summed E-state index contributed by atoms with van der Waals surface area (Å²) >= 11 is 0. The minimum atomic E-state index is -0.449. The lowest BCUT2D eigenvalue weighted by molar-refractivity contribution is 0.113. The third-order valence-corrected chi connectivity index (χ3v) is 4.68. The number of fused-ring (bicyclic) bond motifs is 1. The molecule has 1 heterocycles. The van der Waals surface area contributed by atoms with E-state index < -0.39 is 6.09 Å². The van der Waals surface area contributed by atoms with Crippen molar-refractivity contribution in [3.8, 4) is 0 Å². The highest BCUT2D eigenvalue weighted by molar-refractivity contribution is 5.81. The van der Waals surface area contributed by atoms with E-state index in [1.54, 1.807) is 12.4 Å². The number of nitrogens with one attached hydrogen (secondary N) is 1. The van der Waals surface area contributed by atoms with Crippen molar-refractivity contribution in [3.05, 3.63) is 30.1 Å². The molecule has 0 spiro atoms. The van der Waals surface area contributed by atoms with Crippen molar-refractivity contribution < 1.29 is 14.6 Å². The Morgan fingerprint density at radius 2 is 2.00 bits per heavy atom. The van der Waals surface area contributed by atoms with Gasteiger partial charge < -0.3 is 20.9 Å². The first-order chi connectivity index (χ1) is 12.2. The van der Waals surface area contributed by atoms with Crippen molar-refractivity contribution in [1.29, 1.82) is 0 Å². The highest BCUT2D eigenvalue weighted by atomic mass is 16.6. The standard InChI is InChI=1S/C18H24N4O3/c19-14-10-13(17-16(11-14)20-5-6-21-17)9-12-1-3-15(4-2-12)22-18(24)25-8-7-23/h5-6,10-12,15,23H,1-4,7-9,19H2,(H,22,24). The molecule has 134 valence electrons. The van der Waals surface area contributed by atoms with E-state index in [0.717, 1.165) is 48.7 Å². The second-order valence-corrected chi connectivity index (χ2v) is 6.53. The van der Waals surface area contributed by atoms with E-state index >= 15 is 0 Å². The zero-order valence-electron chi connectivity index (χ0n) is 14.1. The van der Waals surface area contributed by atoms with E-state index in [-0.39, 0.29) is 19.3 Å². The molecule has 7 nitrogen and oxygen atoms in total. The lowest BCUT2D eigenvalue weighted by Crippen LogP contribution is -2.38. The number of hydrogen-bond donors (Lipinski definition) is 3. The largest absolute Gasteiger partial charge is 0.447 e. The Balaban J connectivity index is 1.57. The number of aliphatic hydroxyl groups excluding tert-OH is 1. The fourth-order valence-corrected chi connectivity index (χ4v) is 3.50. The van der Waals surface area contributed by atoms with Crippen LogP contribution in [0.3, 0.4) is 0 Å². The summed E-state index contributed by atoms with van der Waals surface area (Å²) in [5.74, 6) is 0.540. The van der Waals surface area contributed by atoms with Crippen molar-refractivity contribution >= 4 is 22.8 Å². The van der Waals surface area contributed by atoms with Crippen LogP contribution >= 0.6 is 0 Å². The number of nitrogens with zero attached hydrogens (tertiary/aromatic N) is 2. The van der Waals surface area contributed by atoms with Crippen LogP contribution in [0.2, 0.25) is 0 Å². The molecule has 0 aliphatic heterocycles. The summed E-state index contributed by atoms with van der Waals surface area (Å²) in [6.45, 7) is -0.123. The molecular formula is C18H24N4O3. The van der Waals surface area contributed by atoms with Gasteiger partial charge in [-0.05, 0) is 55.7 Å². The van der Waals surface area contributed by atoms with Crippen molar-refractivity contribution in [2.75, 3.05) is 18.9 Å². The zero-order valence-corrected chi connectivity index (χ0v) is 14.1. The summed E-state index contributed by atoms with van der Waals surface area (Å²) in [7, 11) is 0. The molecule has 0 saturated heterocycles. The number of alkyl carbamates (subject to hydrolysis) is 1. The highest BCUT2D eigenvalue weighted by Crippen LogP contribution is 2.30. The first-order valence-corrected chi connectivity index (χ1v) is 8.69. The summed E-state index contributed by atoms with van der Waals surface area (Å²) in [5.41, 5.74) is 9.61. The smallest absolute Gasteiger partial charge is 0.407 e. The number of benzene rings is 1. The molecule has 7 heteroatoms. The molecule has 1 amide bonds. The van der Waals surface area contributed by atoms with Crippen LogP contribution in [0.15, 0.2) is 24.5 Å². The molecule has 1 aromatic carbocycles. The minimum absolute atomic E-state index is 0.0325. The monoisotopic (exact) mass is 344 g/mol. The van der Waals surface area contributed by atoms with Crippen LogP contribution in [0, 0.1) is 5.92 Å². The van der Waals surface area contributed by atoms with Crippen molar-refractivity contribution in [1.82, 2.24) is 15.3 Å². The Hall–Kier alpha value is -2.41. The van der Waals surface area contributed by atoms with Gasteiger partial charge in [-0.25, -0.2) is 4.79 Å². The molecular weight excluding hydrogens is 320 g/mol. The fraction of sp³-hybridized carbons (Fsp3) is 0.500. The number of ether oxygens (including phenoxy) is 1. The Morgan fingerprint density at radius 3 is 2.76 bits per heavy atom. The second kappa shape index (κ2) is 8.11. The molecule has 0 bridgehead atoms. The highest BCUT2D eigenvalue weighted by Gasteiger charge is 2.23. The van der Waals surface area contributed by atoms with Crippen molar-refractivity contribution in [2.24, 2.45) is 5.92 Å². The number of aliphatic hydroxyl groups is 1. The normalized spacial score (nSPS) is 20.4. The average Bonchev–Trinajstić information content (AvgIpc) is 2.61. The molecule has 0 unspecified atom stereocenters. The Labute approximate surface area is 146 Å². The van der Waals surface area contributed by atoms with Gasteiger partial charge in [-0.2, -0.15) is 0 Å². The number of hydrogen-bond acceptors (Lipinski definition) is 6. The first kappa shape index (κ1) is 17.4. The molecule has 2 aromatic rings. The lowest BCUT2D eigenvalue weighted by Gasteiger charge is -2.29. The van der Waals surface area contributed by atoms with E-state index in [2.05, 4.69) is 15.3 Å². The average molecular weight is 344 g/mol. The van der Waals surface area contributed by atoms with Crippen LogP contribution in [0.1, 0.15) is 31.2 Å². The Bertz CT molecular complexity index is 729. The number of anilines is 1. The van der Waals surface area contributed by atoms with Gasteiger partial charge in [0.1, 0.15) is 6.61 Å². The number of carbonyl (C=O) groups is 1. The van der Waals surface area contributed by atoms with Crippen LogP contribution in [-0.2, 0) is 11.2 Å². The van der Waals surface area contributed by atoms with Gasteiger partial charge in [0, 0.05) is 24.1 Å². The number of aromatic nitrogens is 2. The van der Waals surface area contributed by atoms with Gasteiger partial charge in [0.2, 0.25) is 0 Å². The predicted molar refractivity (Wildman–Crippen MR) is 95.0 cm³/mol. The summed E-state index contributed by atoms with van der Waals surface area (Å²) < 4.78 is 4.85. The van der Waals surface area contributed by atoms with E-state index in [1.807, 2.05) is 12.1 Å². The summed E-state index contributed by atoms with van der Waals surface area (Å²) in [5, 5.41) is 11.5. The molecule has 0 radical (unpaired) electrons. The number of nitrogens with two attached hydrogens (primary N) is 1. The van der Waals surface area contributed by atoms with Gasteiger partial charge in [0.05, 0.1) is 17.6 Å². The van der Waals surface area contributed by atoms with E-state index in [0.29, 0.717) is 11.6 Å². The van der Waals surface area contributed by atoms with Gasteiger partial charge >= 0.3 is 6.09 Å². The molecule has 1 aliphatic rings. The van der Waals surface area contributed by atoms with Crippen molar-refractivity contribution in [3.63, 3.8) is 0 Å². The SMILES string of the molecule is Nc1cc(CC2CCC(NC(=O)OCCO)CC2)c2nccnc2c1. The first-order valence-electron chi connectivity index (χ1n) is 8.69. The van der Waals surface area contributed by atoms with Gasteiger partial charge in [0.15, 0.2) is 0 Å². The summed E-state index contributed by atoms with van der Waals surface area (Å²) in [6, 6.07) is 3.98. The summed E-state index contributed by atoms with van der Waals surface area (Å²) in [6.07, 6.45) is 7.76. The third kappa shape index (κ3) is 4.57. The van der Waals surface area contributed by atoms with E-state index in [9.17, 15) is 4.79 Å². The number of carbonyl (C=O) groups excluding carboxylic acids is 1. The van der Waals surface area contributed by atoms with E-state index in [1.165, 1.54) is 0 Å². The van der Waals surface area contributed by atoms with E-state index in [4.69, 9.17) is 15.6 Å². The van der Waals surface area contributed by atoms with Gasteiger partial charge in [-0.3, -0.25) is 9.97 Å². The van der Waals surface area contributed by atoms with Crippen LogP contribution in [-0.4, -0.2) is 40.4 Å². The zero-order chi connectivity index (χ0) is 17.6. The minimum Gasteiger partial charge on any atom is -0.447 e. The maximum Gasteiger partial charge on any atom is 0.407 e. The van der Waals surface area contributed by atoms with Gasteiger partial charge in [-0.15, -0.1) is 0 Å². The molecule has 1 fully saturated rings. The number of rotatable bonds is 5. The lowest BCUT2D eigenvalue weighted by atomic mass is 9.82. The predicted octanol–water partition coefficient (Wildman–Crippen LogP) is 2.03. The maximum atomic E-state index is 11.6. The summed E-state index contributed by atoms with van der Waals surface area (Å²) in [4.78, 5) is 20.4. The van der Waals surface area contributed by atoms with Crippen LogP contribution < -0.4 is 11.1 Å². The topological polar surface area (TPSA) is 110 Å². The van der Waals surface area contributed by atoms with Crippen molar-refractivity contribution in [2.45, 2.75) is 38.1 Å². The molecule has 1 aliphatic carbocycles. The van der Waals surface area contributed by atoms with Crippen LogP contribution in [0.5, 0.6) is 0 Å². The third-order valence-electron chi connectivity index (χ3n) is 4.68. The number of amides is 1. The second-order valence-electron chi connectivity index (χ2n) is 6.53. The van der Waals surface area contributed by atoms with Crippen LogP contribution in [0.25, 0.3) is 11.0 Å².